The minimum absolute atomic E-state index is 0.228. The average molecular weight is 297 g/mol. The molecule has 5 heteroatoms. The molecule has 20 heavy (non-hydrogen) atoms. The minimum atomic E-state index is -3.82. The normalized spacial score (nSPS) is 13.1. The van der Waals surface area contributed by atoms with Gasteiger partial charge in [0.15, 0.2) is 0 Å². The molecule has 0 heterocycles. The zero-order valence-electron chi connectivity index (χ0n) is 13.0. The molecule has 1 atom stereocenters. The van der Waals surface area contributed by atoms with E-state index in [4.69, 9.17) is 0 Å². The van der Waals surface area contributed by atoms with Crippen molar-refractivity contribution < 1.29 is 13.2 Å². The Morgan fingerprint density at radius 3 is 2.00 bits per heavy atom. The Morgan fingerprint density at radius 1 is 1.15 bits per heavy atom. The van der Waals surface area contributed by atoms with Crippen molar-refractivity contribution >= 4 is 15.9 Å². The minimum Gasteiger partial charge on any atom is -0.274 e. The highest BCUT2D eigenvalue weighted by atomic mass is 32.2. The monoisotopic (exact) mass is 297 g/mol. The zero-order valence-corrected chi connectivity index (χ0v) is 13.8. The number of benzene rings is 1. The molecule has 1 rings (SSSR count). The van der Waals surface area contributed by atoms with Crippen molar-refractivity contribution in [2.24, 2.45) is 5.92 Å². The van der Waals surface area contributed by atoms with Crippen molar-refractivity contribution in [3.8, 4) is 0 Å². The molecule has 0 saturated heterocycles. The molecular weight excluding hydrogens is 274 g/mol. The van der Waals surface area contributed by atoms with Gasteiger partial charge in [-0.3, -0.25) is 4.79 Å². The third kappa shape index (κ3) is 3.20. The van der Waals surface area contributed by atoms with Gasteiger partial charge < -0.3 is 0 Å². The third-order valence-electron chi connectivity index (χ3n) is 3.86. The predicted molar refractivity (Wildman–Crippen MR) is 80.2 cm³/mol. The van der Waals surface area contributed by atoms with E-state index < -0.39 is 15.9 Å². The Kier molecular flexibility index (Phi) is 4.97. The second-order valence-corrected chi connectivity index (χ2v) is 6.99. The van der Waals surface area contributed by atoms with Crippen LogP contribution in [-0.2, 0) is 14.8 Å². The Morgan fingerprint density at radius 2 is 1.60 bits per heavy atom. The lowest BCUT2D eigenvalue weighted by Crippen LogP contribution is -2.35. The highest BCUT2D eigenvalue weighted by Crippen LogP contribution is 2.26. The number of hydrogen-bond donors (Lipinski definition) is 1. The summed E-state index contributed by atoms with van der Waals surface area (Å²) < 4.78 is 27.1. The highest BCUT2D eigenvalue weighted by Gasteiger charge is 2.25. The molecule has 0 bridgehead atoms. The Hall–Kier alpha value is -1.36. The maximum atomic E-state index is 12.5. The summed E-state index contributed by atoms with van der Waals surface area (Å²) in [6.07, 6.45) is 0.603. The van der Waals surface area contributed by atoms with Crippen LogP contribution in [0.2, 0.25) is 0 Å². The fourth-order valence-corrected chi connectivity index (χ4v) is 3.75. The van der Waals surface area contributed by atoms with Gasteiger partial charge >= 0.3 is 0 Å². The van der Waals surface area contributed by atoms with Gasteiger partial charge in [0.05, 0.1) is 4.90 Å². The first kappa shape index (κ1) is 16.7. The number of aryl methyl sites for hydroxylation is 2. The van der Waals surface area contributed by atoms with Crippen molar-refractivity contribution in [3.05, 3.63) is 28.3 Å². The van der Waals surface area contributed by atoms with Gasteiger partial charge in [-0.05, 0) is 56.4 Å². The summed E-state index contributed by atoms with van der Waals surface area (Å²) in [5.41, 5.74) is 3.20. The lowest BCUT2D eigenvalue weighted by atomic mass is 10.0. The first-order valence-electron chi connectivity index (χ1n) is 6.75. The second kappa shape index (κ2) is 5.95. The van der Waals surface area contributed by atoms with E-state index in [1.54, 1.807) is 20.8 Å². The summed E-state index contributed by atoms with van der Waals surface area (Å²) in [5, 5.41) is 0. The topological polar surface area (TPSA) is 63.2 Å². The fraction of sp³-hybridized carbons (Fsp3) is 0.533. The Labute approximate surface area is 121 Å². The van der Waals surface area contributed by atoms with Crippen LogP contribution in [0.1, 0.15) is 42.5 Å². The van der Waals surface area contributed by atoms with E-state index in [0.29, 0.717) is 17.5 Å². The van der Waals surface area contributed by atoms with Gasteiger partial charge in [-0.1, -0.05) is 19.9 Å². The molecule has 1 N–H and O–H groups in total. The van der Waals surface area contributed by atoms with Crippen molar-refractivity contribution in [2.75, 3.05) is 0 Å². The maximum absolute atomic E-state index is 12.5. The van der Waals surface area contributed by atoms with E-state index in [2.05, 4.69) is 4.72 Å². The number of nitrogens with one attached hydrogen (secondary N) is 1. The summed E-state index contributed by atoms with van der Waals surface area (Å²) >= 11 is 0. The first-order valence-corrected chi connectivity index (χ1v) is 8.24. The van der Waals surface area contributed by atoms with E-state index in [1.807, 2.05) is 26.8 Å². The number of carbonyl (C=O) groups excluding carboxylic acids is 1. The lowest BCUT2D eigenvalue weighted by molar-refractivity contribution is -0.122. The van der Waals surface area contributed by atoms with Crippen molar-refractivity contribution in [3.63, 3.8) is 0 Å². The van der Waals surface area contributed by atoms with Crippen LogP contribution < -0.4 is 4.72 Å². The molecule has 1 unspecified atom stereocenters. The number of amides is 1. The van der Waals surface area contributed by atoms with Crippen LogP contribution in [0.5, 0.6) is 0 Å². The van der Waals surface area contributed by atoms with E-state index in [0.717, 1.165) is 11.1 Å². The van der Waals surface area contributed by atoms with Crippen LogP contribution in [0.4, 0.5) is 0 Å². The van der Waals surface area contributed by atoms with E-state index in [-0.39, 0.29) is 10.8 Å². The van der Waals surface area contributed by atoms with Crippen molar-refractivity contribution in [1.82, 2.24) is 4.72 Å². The molecule has 0 fully saturated rings. The van der Waals surface area contributed by atoms with Gasteiger partial charge in [0, 0.05) is 5.92 Å². The van der Waals surface area contributed by atoms with Gasteiger partial charge in [0.2, 0.25) is 5.91 Å². The molecule has 1 amide bonds. The smallest absolute Gasteiger partial charge is 0.264 e. The summed E-state index contributed by atoms with van der Waals surface area (Å²) in [6.45, 7) is 10.8. The molecule has 0 spiro atoms. The molecule has 4 nitrogen and oxygen atoms in total. The first-order chi connectivity index (χ1) is 9.11. The van der Waals surface area contributed by atoms with Gasteiger partial charge in [0.25, 0.3) is 10.0 Å². The predicted octanol–water partition coefficient (Wildman–Crippen LogP) is 2.77. The zero-order chi connectivity index (χ0) is 15.7. The summed E-state index contributed by atoms with van der Waals surface area (Å²) in [7, 11) is -3.82. The standard InChI is InChI=1S/C15H23NO3S/c1-7-9(2)15(17)16-20(18,19)14-12(5)10(3)8-11(4)13(14)6/h8-9H,7H2,1-6H3,(H,16,17). The summed E-state index contributed by atoms with van der Waals surface area (Å²) in [5.74, 6) is -0.776. The van der Waals surface area contributed by atoms with Crippen LogP contribution in [0, 0.1) is 33.6 Å². The molecule has 1 aromatic carbocycles. The molecule has 0 aliphatic heterocycles. The van der Waals surface area contributed by atoms with Crippen molar-refractivity contribution in [2.45, 2.75) is 52.9 Å². The Bertz CT molecular complexity index is 607. The van der Waals surface area contributed by atoms with Crippen LogP contribution in [0.3, 0.4) is 0 Å². The van der Waals surface area contributed by atoms with Gasteiger partial charge in [-0.25, -0.2) is 13.1 Å². The Balaban J connectivity index is 3.34. The second-order valence-electron chi connectivity index (χ2n) is 5.37. The molecule has 0 aliphatic rings. The number of carbonyl (C=O) groups is 1. The van der Waals surface area contributed by atoms with Crippen molar-refractivity contribution in [1.29, 1.82) is 0 Å². The number of sulfonamides is 1. The van der Waals surface area contributed by atoms with Crippen LogP contribution in [-0.4, -0.2) is 14.3 Å². The van der Waals surface area contributed by atoms with Crippen LogP contribution in [0.25, 0.3) is 0 Å². The molecule has 0 aliphatic carbocycles. The van der Waals surface area contributed by atoms with Crippen LogP contribution in [0.15, 0.2) is 11.0 Å². The summed E-state index contributed by atoms with van der Waals surface area (Å²) in [6, 6.07) is 1.96. The van der Waals surface area contributed by atoms with Gasteiger partial charge in [-0.15, -0.1) is 0 Å². The van der Waals surface area contributed by atoms with E-state index in [9.17, 15) is 13.2 Å². The number of rotatable bonds is 4. The maximum Gasteiger partial charge on any atom is 0.264 e. The van der Waals surface area contributed by atoms with Gasteiger partial charge in [0.1, 0.15) is 0 Å². The largest absolute Gasteiger partial charge is 0.274 e. The quantitative estimate of drug-likeness (QED) is 0.929. The van der Waals surface area contributed by atoms with Gasteiger partial charge in [-0.2, -0.15) is 0 Å². The average Bonchev–Trinajstić information content (AvgIpc) is 2.34. The fourth-order valence-electron chi connectivity index (χ4n) is 2.05. The molecule has 1 aromatic rings. The SMILES string of the molecule is CCC(C)C(=O)NS(=O)(=O)c1c(C)c(C)cc(C)c1C. The lowest BCUT2D eigenvalue weighted by Gasteiger charge is -2.17. The highest BCUT2D eigenvalue weighted by molar-refractivity contribution is 7.90. The van der Waals surface area contributed by atoms with E-state index in [1.165, 1.54) is 0 Å². The van der Waals surface area contributed by atoms with Crippen LogP contribution >= 0.6 is 0 Å². The molecule has 112 valence electrons. The molecule has 0 radical (unpaired) electrons. The van der Waals surface area contributed by atoms with E-state index >= 15 is 0 Å². The molecular formula is C15H23NO3S. The summed E-state index contributed by atoms with van der Waals surface area (Å²) in [4.78, 5) is 12.1. The third-order valence-corrected chi connectivity index (χ3v) is 5.48. The number of hydrogen-bond acceptors (Lipinski definition) is 3. The molecule has 0 saturated carbocycles. The molecule has 0 aromatic heterocycles.